The minimum atomic E-state index is 0.906. The Labute approximate surface area is 124 Å². The van der Waals surface area contributed by atoms with Crippen molar-refractivity contribution in [2.24, 2.45) is 0 Å². The summed E-state index contributed by atoms with van der Waals surface area (Å²) in [4.78, 5) is 10.4. The lowest BCUT2D eigenvalue weighted by Crippen LogP contribution is -2.16. The Morgan fingerprint density at radius 2 is 2.10 bits per heavy atom. The molecule has 3 rings (SSSR count). The van der Waals surface area contributed by atoms with Crippen LogP contribution in [0, 0.1) is 0 Å². The number of para-hydroxylation sites is 1. The summed E-state index contributed by atoms with van der Waals surface area (Å²) in [5, 5.41) is 4.71. The van der Waals surface area contributed by atoms with Crippen molar-refractivity contribution >= 4 is 10.9 Å². The third-order valence-electron chi connectivity index (χ3n) is 3.70. The molecule has 0 unspecified atom stereocenters. The molecule has 0 bridgehead atoms. The smallest absolute Gasteiger partial charge is 0.0921 e. The summed E-state index contributed by atoms with van der Waals surface area (Å²) in [6.07, 6.45) is 8.53. The van der Waals surface area contributed by atoms with Crippen LogP contribution < -0.4 is 5.32 Å². The van der Waals surface area contributed by atoms with Gasteiger partial charge in [0, 0.05) is 41.2 Å². The van der Waals surface area contributed by atoms with Gasteiger partial charge in [-0.25, -0.2) is 4.98 Å². The summed E-state index contributed by atoms with van der Waals surface area (Å²) in [6.45, 7) is 4.99. The molecule has 0 aliphatic rings. The fraction of sp³-hybridized carbons (Fsp3) is 0.235. The Bertz CT molecular complexity index is 709. The first-order valence-corrected chi connectivity index (χ1v) is 7.27. The van der Waals surface area contributed by atoms with Crippen molar-refractivity contribution in [3.63, 3.8) is 0 Å². The zero-order valence-corrected chi connectivity index (χ0v) is 12.0. The topological polar surface area (TPSA) is 56.5 Å². The highest BCUT2D eigenvalue weighted by Gasteiger charge is 2.03. The molecule has 2 heterocycles. The summed E-state index contributed by atoms with van der Waals surface area (Å²) in [6, 6.07) is 8.40. The highest BCUT2D eigenvalue weighted by atomic mass is 14.9. The minimum absolute atomic E-state index is 0.906. The average molecular weight is 280 g/mol. The predicted octanol–water partition coefficient (Wildman–Crippen LogP) is 3.17. The van der Waals surface area contributed by atoms with Gasteiger partial charge in [-0.3, -0.25) is 0 Å². The number of imidazole rings is 1. The molecule has 0 radical (unpaired) electrons. The Morgan fingerprint density at radius 1 is 1.19 bits per heavy atom. The van der Waals surface area contributed by atoms with Crippen molar-refractivity contribution in [2.75, 3.05) is 6.54 Å². The molecule has 0 amide bonds. The van der Waals surface area contributed by atoms with Gasteiger partial charge in [-0.05, 0) is 30.9 Å². The largest absolute Gasteiger partial charge is 0.388 e. The van der Waals surface area contributed by atoms with Crippen LogP contribution in [0.5, 0.6) is 0 Å². The fourth-order valence-corrected chi connectivity index (χ4v) is 2.51. The normalized spacial score (nSPS) is 10.9. The molecule has 1 aromatic carbocycles. The summed E-state index contributed by atoms with van der Waals surface area (Å²) in [7, 11) is 0. The van der Waals surface area contributed by atoms with Crippen LogP contribution in [-0.2, 0) is 12.8 Å². The highest BCUT2D eigenvalue weighted by Crippen LogP contribution is 2.17. The van der Waals surface area contributed by atoms with E-state index in [1.807, 2.05) is 6.20 Å². The number of nitrogens with zero attached hydrogens (tertiary/aromatic N) is 1. The molecule has 0 aliphatic heterocycles. The highest BCUT2D eigenvalue weighted by molar-refractivity contribution is 5.83. The molecule has 3 N–H and O–H groups in total. The molecule has 108 valence electrons. The van der Waals surface area contributed by atoms with E-state index in [-0.39, 0.29) is 0 Å². The van der Waals surface area contributed by atoms with Crippen molar-refractivity contribution in [1.29, 1.82) is 0 Å². The lowest BCUT2D eigenvalue weighted by molar-refractivity contribution is 0.736. The van der Waals surface area contributed by atoms with Gasteiger partial charge in [0.15, 0.2) is 0 Å². The van der Waals surface area contributed by atoms with Gasteiger partial charge in [-0.2, -0.15) is 0 Å². The van der Waals surface area contributed by atoms with Crippen LogP contribution in [-0.4, -0.2) is 21.5 Å². The van der Waals surface area contributed by atoms with Gasteiger partial charge in [-0.15, -0.1) is 0 Å². The average Bonchev–Trinajstić information content (AvgIpc) is 3.15. The molecule has 0 atom stereocenters. The first-order chi connectivity index (χ1) is 10.3. The van der Waals surface area contributed by atoms with E-state index in [9.17, 15) is 0 Å². The first kappa shape index (κ1) is 13.5. The van der Waals surface area contributed by atoms with Crippen LogP contribution in [0.4, 0.5) is 0 Å². The molecule has 4 heteroatoms. The van der Waals surface area contributed by atoms with Gasteiger partial charge < -0.3 is 15.3 Å². The van der Waals surface area contributed by atoms with Crippen molar-refractivity contribution in [3.8, 4) is 0 Å². The van der Waals surface area contributed by atoms with E-state index in [0.717, 1.165) is 37.2 Å². The molecular formula is C17H20N4. The van der Waals surface area contributed by atoms with Crippen LogP contribution in [0.15, 0.2) is 55.3 Å². The number of aromatic amines is 2. The molecule has 4 nitrogen and oxygen atoms in total. The Hall–Kier alpha value is -2.49. The van der Waals surface area contributed by atoms with Crippen molar-refractivity contribution in [2.45, 2.75) is 19.3 Å². The molecule has 0 saturated carbocycles. The van der Waals surface area contributed by atoms with E-state index in [4.69, 9.17) is 0 Å². The summed E-state index contributed by atoms with van der Waals surface area (Å²) < 4.78 is 0. The van der Waals surface area contributed by atoms with Gasteiger partial charge in [0.25, 0.3) is 0 Å². The Balaban J connectivity index is 1.46. The number of benzene rings is 1. The standard InChI is InChI=1S/C17H20N4/c1-13(6-7-15-11-18-12-21-15)19-9-8-14-10-20-17-5-3-2-4-16(14)17/h2-5,10-12,19-20H,1,6-9H2,(H,18,21). The number of aromatic nitrogens is 3. The van der Waals surface area contributed by atoms with Crippen LogP contribution in [0.2, 0.25) is 0 Å². The lowest BCUT2D eigenvalue weighted by Gasteiger charge is -2.08. The third-order valence-corrected chi connectivity index (χ3v) is 3.70. The Morgan fingerprint density at radius 3 is 2.95 bits per heavy atom. The number of allylic oxidation sites excluding steroid dienone is 1. The van der Waals surface area contributed by atoms with Gasteiger partial charge >= 0.3 is 0 Å². The predicted molar refractivity (Wildman–Crippen MR) is 86.1 cm³/mol. The van der Waals surface area contributed by atoms with E-state index in [2.05, 4.69) is 57.3 Å². The number of hydrogen-bond acceptors (Lipinski definition) is 2. The van der Waals surface area contributed by atoms with Gasteiger partial charge in [0.2, 0.25) is 0 Å². The van der Waals surface area contributed by atoms with Crippen LogP contribution in [0.3, 0.4) is 0 Å². The third kappa shape index (κ3) is 3.34. The number of hydrogen-bond donors (Lipinski definition) is 3. The zero-order valence-electron chi connectivity index (χ0n) is 12.0. The van der Waals surface area contributed by atoms with Crippen LogP contribution in [0.1, 0.15) is 17.7 Å². The minimum Gasteiger partial charge on any atom is -0.388 e. The zero-order chi connectivity index (χ0) is 14.5. The van der Waals surface area contributed by atoms with Gasteiger partial charge in [-0.1, -0.05) is 24.8 Å². The quantitative estimate of drug-likeness (QED) is 0.622. The maximum atomic E-state index is 4.08. The first-order valence-electron chi connectivity index (χ1n) is 7.27. The molecule has 2 aromatic heterocycles. The van der Waals surface area contributed by atoms with Crippen LogP contribution in [0.25, 0.3) is 10.9 Å². The molecule has 21 heavy (non-hydrogen) atoms. The van der Waals surface area contributed by atoms with Crippen molar-refractivity contribution in [3.05, 3.63) is 66.5 Å². The number of nitrogens with one attached hydrogen (secondary N) is 3. The number of fused-ring (bicyclic) bond motifs is 1. The van der Waals surface area contributed by atoms with Crippen molar-refractivity contribution < 1.29 is 0 Å². The molecule has 0 aliphatic carbocycles. The van der Waals surface area contributed by atoms with Gasteiger partial charge in [0.1, 0.15) is 0 Å². The van der Waals surface area contributed by atoms with E-state index in [1.54, 1.807) is 6.33 Å². The van der Waals surface area contributed by atoms with Gasteiger partial charge in [0.05, 0.1) is 6.33 Å². The summed E-state index contributed by atoms with van der Waals surface area (Å²) >= 11 is 0. The Kier molecular flexibility index (Phi) is 4.05. The maximum absolute atomic E-state index is 4.08. The second-order valence-electron chi connectivity index (χ2n) is 5.22. The molecule has 0 fully saturated rings. The molecule has 0 spiro atoms. The fourth-order valence-electron chi connectivity index (χ4n) is 2.51. The monoisotopic (exact) mass is 280 g/mol. The van der Waals surface area contributed by atoms with Crippen LogP contribution >= 0.6 is 0 Å². The number of H-pyrrole nitrogens is 2. The second-order valence-corrected chi connectivity index (χ2v) is 5.22. The molecule has 3 aromatic rings. The SMILES string of the molecule is C=C(CCc1cnc[nH]1)NCCc1c[nH]c2ccccc12. The summed E-state index contributed by atoms with van der Waals surface area (Å²) in [5.41, 5.74) is 4.77. The maximum Gasteiger partial charge on any atom is 0.0921 e. The number of aryl methyl sites for hydroxylation is 1. The second kappa shape index (κ2) is 6.31. The number of rotatable bonds is 7. The molecular weight excluding hydrogens is 260 g/mol. The summed E-state index contributed by atoms with van der Waals surface area (Å²) in [5.74, 6) is 0. The van der Waals surface area contributed by atoms with E-state index in [1.165, 1.54) is 16.5 Å². The van der Waals surface area contributed by atoms with E-state index >= 15 is 0 Å². The molecule has 0 saturated heterocycles. The lowest BCUT2D eigenvalue weighted by atomic mass is 10.1. The van der Waals surface area contributed by atoms with Crippen molar-refractivity contribution in [1.82, 2.24) is 20.3 Å². The van der Waals surface area contributed by atoms with E-state index in [0.29, 0.717) is 0 Å². The van der Waals surface area contributed by atoms with E-state index < -0.39 is 0 Å².